The van der Waals surface area contributed by atoms with Gasteiger partial charge in [-0.15, -0.1) is 0 Å². The summed E-state index contributed by atoms with van der Waals surface area (Å²) >= 11 is 0. The molecule has 2 heterocycles. The second kappa shape index (κ2) is 7.51. The first-order valence-corrected chi connectivity index (χ1v) is 8.91. The van der Waals surface area contributed by atoms with Gasteiger partial charge in [0.1, 0.15) is 11.1 Å². The smallest absolute Gasteiger partial charge is 0.451 e. The molecule has 0 saturated carbocycles. The highest BCUT2D eigenvalue weighted by Gasteiger charge is 2.58. The molecule has 2 fully saturated rings. The van der Waals surface area contributed by atoms with Crippen molar-refractivity contribution in [3.8, 4) is 0 Å². The van der Waals surface area contributed by atoms with Gasteiger partial charge in [0.2, 0.25) is 0 Å². The van der Waals surface area contributed by atoms with Crippen LogP contribution < -0.4 is 5.32 Å². The third kappa shape index (κ3) is 4.45. The van der Waals surface area contributed by atoms with Crippen molar-refractivity contribution in [1.29, 1.82) is 0 Å². The molecule has 25 heavy (non-hydrogen) atoms. The summed E-state index contributed by atoms with van der Waals surface area (Å²) in [6, 6.07) is -0.186. The average molecular weight is 356 g/mol. The lowest BCUT2D eigenvalue weighted by atomic mass is 9.77. The summed E-state index contributed by atoms with van der Waals surface area (Å²) in [5.41, 5.74) is -1.65. The Balaban J connectivity index is 2.04. The van der Waals surface area contributed by atoms with Crippen molar-refractivity contribution in [2.24, 2.45) is 5.92 Å². The molecule has 2 saturated heterocycles. The van der Waals surface area contributed by atoms with Crippen LogP contribution in [0.25, 0.3) is 0 Å². The fourth-order valence-corrected chi connectivity index (χ4v) is 3.99. The highest BCUT2D eigenvalue weighted by atomic mass is 16.6. The van der Waals surface area contributed by atoms with Gasteiger partial charge in [-0.1, -0.05) is 12.8 Å². The first kappa shape index (κ1) is 20.0. The third-order valence-corrected chi connectivity index (χ3v) is 5.10. The molecule has 0 aromatic rings. The number of nitrogens with zero attached hydrogens (tertiary/aromatic N) is 1. The predicted molar refractivity (Wildman–Crippen MR) is 92.1 cm³/mol. The lowest BCUT2D eigenvalue weighted by Gasteiger charge is -2.31. The Morgan fingerprint density at radius 3 is 2.56 bits per heavy atom. The molecule has 0 bridgehead atoms. The number of amides is 1. The SMILES string of the molecule is CC(C)(C)OC(=O)N1CC[C@H]2[C@@H]1CN[C@@]2(CCCCB(O)O)C(=O)O. The van der Waals surface area contributed by atoms with E-state index in [9.17, 15) is 14.7 Å². The summed E-state index contributed by atoms with van der Waals surface area (Å²) in [5.74, 6) is -1.08. The van der Waals surface area contributed by atoms with Crippen molar-refractivity contribution in [3.05, 3.63) is 0 Å². The summed E-state index contributed by atoms with van der Waals surface area (Å²) in [6.45, 7) is 6.35. The monoisotopic (exact) mass is 356 g/mol. The fraction of sp³-hybridized carbons (Fsp3) is 0.875. The minimum Gasteiger partial charge on any atom is -0.480 e. The summed E-state index contributed by atoms with van der Waals surface area (Å²) in [5, 5.41) is 30.8. The standard InChI is InChI=1S/C16H29BN2O6/c1-15(2,3)25-14(22)19-9-6-11-12(19)10-18-16(11,13(20)21)7-4-5-8-17(23)24/h11-12,18,23-24H,4-10H2,1-3H3,(H,20,21)/t11-,12-,16+/m0/s1. The molecule has 0 spiro atoms. The van der Waals surface area contributed by atoms with Gasteiger partial charge < -0.3 is 24.8 Å². The largest absolute Gasteiger partial charge is 0.480 e. The lowest BCUT2D eigenvalue weighted by molar-refractivity contribution is -0.146. The Bertz CT molecular complexity index is 509. The van der Waals surface area contributed by atoms with E-state index in [0.29, 0.717) is 38.8 Å². The summed E-state index contributed by atoms with van der Waals surface area (Å²) in [7, 11) is -1.36. The molecule has 0 radical (unpaired) electrons. The Kier molecular flexibility index (Phi) is 6.01. The number of carboxylic acids is 1. The Labute approximate surface area is 148 Å². The molecule has 4 N–H and O–H groups in total. The maximum Gasteiger partial charge on any atom is 0.451 e. The molecule has 8 nitrogen and oxygen atoms in total. The first-order chi connectivity index (χ1) is 11.6. The van der Waals surface area contributed by atoms with Crippen molar-refractivity contribution in [2.45, 2.75) is 70.0 Å². The minimum absolute atomic E-state index is 0.170. The van der Waals surface area contributed by atoms with Crippen molar-refractivity contribution < 1.29 is 29.5 Å². The van der Waals surface area contributed by atoms with E-state index >= 15 is 0 Å². The lowest BCUT2D eigenvalue weighted by Crippen LogP contribution is -2.52. The summed E-state index contributed by atoms with van der Waals surface area (Å²) < 4.78 is 5.44. The van der Waals surface area contributed by atoms with Crippen molar-refractivity contribution >= 4 is 19.2 Å². The molecule has 0 aromatic heterocycles. The number of carbonyl (C=O) groups is 2. The normalized spacial score (nSPS) is 28.8. The van der Waals surface area contributed by atoms with E-state index in [1.54, 1.807) is 4.90 Å². The number of carbonyl (C=O) groups excluding carboxylic acids is 1. The van der Waals surface area contributed by atoms with Gasteiger partial charge in [-0.25, -0.2) is 4.79 Å². The Morgan fingerprint density at radius 2 is 2.00 bits per heavy atom. The number of hydrogen-bond acceptors (Lipinski definition) is 6. The highest BCUT2D eigenvalue weighted by Crippen LogP contribution is 2.41. The van der Waals surface area contributed by atoms with Crippen molar-refractivity contribution in [3.63, 3.8) is 0 Å². The van der Waals surface area contributed by atoms with E-state index in [2.05, 4.69) is 5.32 Å². The van der Waals surface area contributed by atoms with Gasteiger partial charge in [-0.3, -0.25) is 10.1 Å². The number of nitrogens with one attached hydrogen (secondary N) is 1. The van der Waals surface area contributed by atoms with Gasteiger partial charge in [0, 0.05) is 19.0 Å². The molecule has 3 atom stereocenters. The maximum absolute atomic E-state index is 12.4. The van der Waals surface area contributed by atoms with Crippen LogP contribution in [0, 0.1) is 5.92 Å². The highest BCUT2D eigenvalue weighted by molar-refractivity contribution is 6.40. The molecule has 9 heteroatoms. The first-order valence-electron chi connectivity index (χ1n) is 8.91. The number of unbranched alkanes of at least 4 members (excludes halogenated alkanes) is 1. The summed E-state index contributed by atoms with van der Waals surface area (Å²) in [6.07, 6.45) is 1.97. The zero-order chi connectivity index (χ0) is 18.8. The third-order valence-electron chi connectivity index (χ3n) is 5.10. The van der Waals surface area contributed by atoms with Gasteiger partial charge >= 0.3 is 19.2 Å². The van der Waals surface area contributed by atoms with Crippen LogP contribution in [-0.4, -0.2) is 69.5 Å². The average Bonchev–Trinajstić information content (AvgIpc) is 3.02. The van der Waals surface area contributed by atoms with E-state index in [1.807, 2.05) is 20.8 Å². The van der Waals surface area contributed by atoms with Gasteiger partial charge in [0.15, 0.2) is 0 Å². The zero-order valence-electron chi connectivity index (χ0n) is 15.2. The van der Waals surface area contributed by atoms with E-state index < -0.39 is 30.3 Å². The molecule has 1 amide bonds. The number of fused-ring (bicyclic) bond motifs is 1. The molecular weight excluding hydrogens is 327 g/mol. The Hall–Kier alpha value is -1.32. The van der Waals surface area contributed by atoms with Crippen molar-refractivity contribution in [1.82, 2.24) is 10.2 Å². The summed E-state index contributed by atoms with van der Waals surface area (Å²) in [4.78, 5) is 26.0. The second-order valence-electron chi connectivity index (χ2n) is 8.02. The van der Waals surface area contributed by atoms with Crippen LogP contribution in [-0.2, 0) is 9.53 Å². The molecule has 2 rings (SSSR count). The van der Waals surface area contributed by atoms with Crippen LogP contribution in [0.1, 0.15) is 46.5 Å². The molecule has 0 unspecified atom stereocenters. The van der Waals surface area contributed by atoms with Crippen LogP contribution in [0.15, 0.2) is 0 Å². The van der Waals surface area contributed by atoms with Gasteiger partial charge in [-0.2, -0.15) is 0 Å². The molecule has 142 valence electrons. The van der Waals surface area contributed by atoms with E-state index in [4.69, 9.17) is 14.8 Å². The van der Waals surface area contributed by atoms with Crippen LogP contribution in [0.3, 0.4) is 0 Å². The second-order valence-corrected chi connectivity index (χ2v) is 8.02. The number of hydrogen-bond donors (Lipinski definition) is 4. The van der Waals surface area contributed by atoms with Crippen molar-refractivity contribution in [2.75, 3.05) is 13.1 Å². The molecule has 0 aliphatic carbocycles. The van der Waals surface area contributed by atoms with Crippen LogP contribution in [0.2, 0.25) is 6.32 Å². The van der Waals surface area contributed by atoms with E-state index in [-0.39, 0.29) is 18.3 Å². The Morgan fingerprint density at radius 1 is 1.32 bits per heavy atom. The predicted octanol–water partition coefficient (Wildman–Crippen LogP) is 0.682. The number of carboxylic acid groups (broad SMARTS) is 1. The number of ether oxygens (including phenoxy) is 1. The number of rotatable bonds is 6. The van der Waals surface area contributed by atoms with E-state index in [0.717, 1.165) is 0 Å². The molecular formula is C16H29BN2O6. The fourth-order valence-electron chi connectivity index (χ4n) is 3.99. The quantitative estimate of drug-likeness (QED) is 0.408. The van der Waals surface area contributed by atoms with Crippen LogP contribution >= 0.6 is 0 Å². The number of aliphatic carboxylic acids is 1. The van der Waals surface area contributed by atoms with Gasteiger partial charge in [-0.05, 0) is 39.9 Å². The topological polar surface area (TPSA) is 119 Å². The maximum atomic E-state index is 12.4. The molecule has 0 aromatic carbocycles. The number of likely N-dealkylation sites (tertiary alicyclic amines) is 1. The zero-order valence-corrected chi connectivity index (χ0v) is 15.2. The van der Waals surface area contributed by atoms with Crippen LogP contribution in [0.5, 0.6) is 0 Å². The minimum atomic E-state index is -1.36. The molecule has 2 aliphatic rings. The molecule has 2 aliphatic heterocycles. The van der Waals surface area contributed by atoms with Gasteiger partial charge in [0.05, 0.1) is 6.04 Å². The van der Waals surface area contributed by atoms with Crippen LogP contribution in [0.4, 0.5) is 4.79 Å². The van der Waals surface area contributed by atoms with Gasteiger partial charge in [0.25, 0.3) is 0 Å². The van der Waals surface area contributed by atoms with E-state index in [1.165, 1.54) is 0 Å².